The van der Waals surface area contributed by atoms with E-state index in [9.17, 15) is 4.79 Å². The molecule has 1 atom stereocenters. The van der Waals surface area contributed by atoms with Gasteiger partial charge in [-0.3, -0.25) is 0 Å². The number of carbonyl (C=O) groups excluding carboxylic acids is 1. The lowest BCUT2D eigenvalue weighted by molar-refractivity contribution is -0.400. The Bertz CT molecular complexity index is 648. The summed E-state index contributed by atoms with van der Waals surface area (Å²) in [7, 11) is 1.38. The molecular weight excluding hydrogens is 296 g/mol. The number of halogens is 1. The van der Waals surface area contributed by atoms with E-state index in [1.165, 1.54) is 7.11 Å². The van der Waals surface area contributed by atoms with Gasteiger partial charge >= 0.3 is 5.97 Å². The smallest absolute Gasteiger partial charge is 0.365 e. The number of thioether (sulfide) groups is 1. The number of nitrogens with one attached hydrogen (secondary N) is 1. The number of benzene rings is 1. The lowest BCUT2D eigenvalue weighted by atomic mass is 10.2. The fourth-order valence-corrected chi connectivity index (χ4v) is 3.17. The number of quaternary nitrogens is 1. The molecule has 2 aromatic rings. The lowest BCUT2D eigenvalue weighted by Gasteiger charge is -2.07. The van der Waals surface area contributed by atoms with Gasteiger partial charge < -0.3 is 10.5 Å². The van der Waals surface area contributed by atoms with Crippen LogP contribution in [0.3, 0.4) is 0 Å². The van der Waals surface area contributed by atoms with Crippen molar-refractivity contribution < 1.29 is 20.2 Å². The minimum absolute atomic E-state index is 0.293. The van der Waals surface area contributed by atoms with Crippen molar-refractivity contribution in [2.75, 3.05) is 12.9 Å². The molecule has 0 aliphatic rings. The molecule has 20 heavy (non-hydrogen) atoms. The van der Waals surface area contributed by atoms with Crippen molar-refractivity contribution in [3.05, 3.63) is 35.0 Å². The number of rotatable bonds is 4. The zero-order chi connectivity index (χ0) is 14.7. The maximum atomic E-state index is 11.4. The van der Waals surface area contributed by atoms with Gasteiger partial charge in [-0.1, -0.05) is 11.6 Å². The van der Waals surface area contributed by atoms with Crippen LogP contribution in [0, 0.1) is 6.92 Å². The van der Waals surface area contributed by atoms with Gasteiger partial charge in [-0.05, 0) is 12.1 Å². The van der Waals surface area contributed by atoms with Crippen LogP contribution in [0.2, 0.25) is 5.02 Å². The number of aromatic nitrogens is 1. The molecule has 0 aliphatic heterocycles. The largest absolute Gasteiger partial charge is 0.465 e. The quantitative estimate of drug-likeness (QED) is 0.687. The number of pyridine rings is 1. The second-order valence-electron chi connectivity index (χ2n) is 4.54. The number of esters is 1. The fraction of sp³-hybridized carbons (Fsp3) is 0.286. The summed E-state index contributed by atoms with van der Waals surface area (Å²) in [5, 5.41) is 1.74. The molecule has 1 unspecified atom stereocenters. The van der Waals surface area contributed by atoms with Gasteiger partial charge in [0.2, 0.25) is 5.52 Å². The number of ether oxygens (including phenoxy) is 1. The highest BCUT2D eigenvalue weighted by Crippen LogP contribution is 2.28. The Labute approximate surface area is 126 Å². The van der Waals surface area contributed by atoms with E-state index in [4.69, 9.17) is 11.6 Å². The number of carbonyl (C=O) groups is 1. The summed E-state index contributed by atoms with van der Waals surface area (Å²) < 4.78 is 4.69. The van der Waals surface area contributed by atoms with E-state index < -0.39 is 0 Å². The molecular formula is C14H17ClN2O2S+2. The third-order valence-corrected chi connectivity index (χ3v) is 4.35. The number of aryl methyl sites for hydroxylation is 1. The predicted octanol–water partition coefficient (Wildman–Crippen LogP) is 1.49. The third-order valence-electron chi connectivity index (χ3n) is 2.90. The van der Waals surface area contributed by atoms with Crippen molar-refractivity contribution in [3.63, 3.8) is 0 Å². The number of hydrogen-bond acceptors (Lipinski definition) is 3. The number of hydrogen-bond donors (Lipinski definition) is 1. The molecule has 0 bridgehead atoms. The van der Waals surface area contributed by atoms with Gasteiger partial charge in [0.05, 0.1) is 18.2 Å². The second kappa shape index (κ2) is 6.43. The summed E-state index contributed by atoms with van der Waals surface area (Å²) in [5.41, 5.74) is 5.89. The van der Waals surface area contributed by atoms with Gasteiger partial charge in [-0.25, -0.2) is 9.78 Å². The van der Waals surface area contributed by atoms with Crippen molar-refractivity contribution >= 4 is 40.2 Å². The first kappa shape index (κ1) is 15.1. The second-order valence-corrected chi connectivity index (χ2v) is 6.04. The van der Waals surface area contributed by atoms with Crippen LogP contribution in [0.25, 0.3) is 10.9 Å². The Morgan fingerprint density at radius 2 is 2.25 bits per heavy atom. The first-order chi connectivity index (χ1) is 9.51. The molecule has 4 nitrogen and oxygen atoms in total. The Morgan fingerprint density at radius 3 is 2.95 bits per heavy atom. The first-order valence-electron chi connectivity index (χ1n) is 6.17. The average molecular weight is 313 g/mol. The number of methoxy groups -OCH3 is 1. The predicted molar refractivity (Wildman–Crippen MR) is 79.7 cm³/mol. The SMILES string of the molecule is COC(=O)C([NH3+])CSc1cc(C)[nH+]c2ccc(Cl)cc12. The van der Waals surface area contributed by atoms with Crippen LogP contribution in [0.5, 0.6) is 0 Å². The van der Waals surface area contributed by atoms with E-state index in [0.717, 1.165) is 21.5 Å². The van der Waals surface area contributed by atoms with Crippen LogP contribution in [0.1, 0.15) is 5.69 Å². The molecule has 0 saturated carbocycles. The molecule has 1 heterocycles. The van der Waals surface area contributed by atoms with Crippen LogP contribution < -0.4 is 10.7 Å². The van der Waals surface area contributed by atoms with Crippen molar-refractivity contribution in [1.29, 1.82) is 0 Å². The minimum atomic E-state index is -0.385. The molecule has 6 heteroatoms. The van der Waals surface area contributed by atoms with E-state index in [1.807, 2.05) is 31.2 Å². The zero-order valence-electron chi connectivity index (χ0n) is 11.4. The summed E-state index contributed by atoms with van der Waals surface area (Å²) in [4.78, 5) is 15.8. The third kappa shape index (κ3) is 3.42. The molecule has 106 valence electrons. The monoisotopic (exact) mass is 312 g/mol. The van der Waals surface area contributed by atoms with Crippen LogP contribution in [-0.2, 0) is 9.53 Å². The van der Waals surface area contributed by atoms with Gasteiger partial charge in [0.25, 0.3) is 0 Å². The molecule has 1 aromatic carbocycles. The van der Waals surface area contributed by atoms with Gasteiger partial charge in [-0.2, -0.15) is 0 Å². The van der Waals surface area contributed by atoms with E-state index in [0.29, 0.717) is 10.8 Å². The molecule has 0 fully saturated rings. The highest BCUT2D eigenvalue weighted by molar-refractivity contribution is 7.99. The number of aromatic amines is 1. The van der Waals surface area contributed by atoms with Crippen molar-refractivity contribution in [2.45, 2.75) is 17.9 Å². The van der Waals surface area contributed by atoms with Gasteiger partial charge in [0, 0.05) is 29.0 Å². The van der Waals surface area contributed by atoms with Crippen LogP contribution in [0.4, 0.5) is 0 Å². The van der Waals surface area contributed by atoms with Crippen LogP contribution >= 0.6 is 23.4 Å². The van der Waals surface area contributed by atoms with Crippen molar-refractivity contribution in [1.82, 2.24) is 0 Å². The Kier molecular flexibility index (Phi) is 4.86. The Morgan fingerprint density at radius 1 is 1.50 bits per heavy atom. The summed E-state index contributed by atoms with van der Waals surface area (Å²) in [6, 6.07) is 7.39. The fourth-order valence-electron chi connectivity index (χ4n) is 1.90. The molecule has 0 amide bonds. The summed E-state index contributed by atoms with van der Waals surface area (Å²) in [6.07, 6.45) is 0. The molecule has 4 N–H and O–H groups in total. The summed E-state index contributed by atoms with van der Waals surface area (Å²) in [5.74, 6) is 0.275. The number of fused-ring (bicyclic) bond motifs is 1. The highest BCUT2D eigenvalue weighted by Gasteiger charge is 2.19. The molecule has 0 spiro atoms. The van der Waals surface area contributed by atoms with Gasteiger partial charge in [-0.15, -0.1) is 11.8 Å². The number of H-pyrrole nitrogens is 1. The zero-order valence-corrected chi connectivity index (χ0v) is 13.0. The molecule has 2 rings (SSSR count). The molecule has 0 saturated heterocycles. The summed E-state index contributed by atoms with van der Waals surface area (Å²) in [6.45, 7) is 2.00. The standard InChI is InChI=1S/C14H15ClN2O2S/c1-8-5-13(20-7-11(16)14(18)19-2)10-6-9(15)3-4-12(10)17-8/h3-6,11H,7,16H2,1-2H3/p+2. The first-order valence-corrected chi connectivity index (χ1v) is 7.53. The van der Waals surface area contributed by atoms with Crippen LogP contribution in [0.15, 0.2) is 29.2 Å². The lowest BCUT2D eigenvalue weighted by Crippen LogP contribution is -2.66. The van der Waals surface area contributed by atoms with E-state index in [1.54, 1.807) is 11.8 Å². The Balaban J connectivity index is 2.29. The minimum Gasteiger partial charge on any atom is -0.465 e. The maximum absolute atomic E-state index is 11.4. The van der Waals surface area contributed by atoms with Crippen molar-refractivity contribution in [3.8, 4) is 0 Å². The molecule has 1 aromatic heterocycles. The van der Waals surface area contributed by atoms with Gasteiger partial charge in [0.15, 0.2) is 11.7 Å². The molecule has 0 aliphatic carbocycles. The van der Waals surface area contributed by atoms with E-state index in [-0.39, 0.29) is 12.0 Å². The van der Waals surface area contributed by atoms with E-state index in [2.05, 4.69) is 15.5 Å². The Hall–Kier alpha value is -1.30. The van der Waals surface area contributed by atoms with Crippen molar-refractivity contribution in [2.24, 2.45) is 0 Å². The van der Waals surface area contributed by atoms with E-state index >= 15 is 0 Å². The maximum Gasteiger partial charge on any atom is 0.365 e. The molecule has 0 radical (unpaired) electrons. The highest BCUT2D eigenvalue weighted by atomic mass is 35.5. The van der Waals surface area contributed by atoms with Gasteiger partial charge in [0.1, 0.15) is 0 Å². The average Bonchev–Trinajstić information content (AvgIpc) is 2.44. The topological polar surface area (TPSA) is 68.1 Å². The summed E-state index contributed by atoms with van der Waals surface area (Å²) >= 11 is 7.64. The normalized spacial score (nSPS) is 12.4. The van der Waals surface area contributed by atoms with Crippen LogP contribution in [-0.4, -0.2) is 24.9 Å².